The fourth-order valence-corrected chi connectivity index (χ4v) is 4.38. The quantitative estimate of drug-likeness (QED) is 0.864. The molecule has 120 valence electrons. The van der Waals surface area contributed by atoms with E-state index in [4.69, 9.17) is 0 Å². The normalized spacial score (nSPS) is 23.7. The van der Waals surface area contributed by atoms with Gasteiger partial charge in [-0.25, -0.2) is 0 Å². The minimum atomic E-state index is -0.404. The van der Waals surface area contributed by atoms with Crippen molar-refractivity contribution in [2.45, 2.75) is 31.7 Å². The second kappa shape index (κ2) is 6.62. The maximum atomic E-state index is 12.4. The van der Waals surface area contributed by atoms with Gasteiger partial charge in [0.1, 0.15) is 11.4 Å². The van der Waals surface area contributed by atoms with Crippen molar-refractivity contribution in [1.82, 2.24) is 10.2 Å². The van der Waals surface area contributed by atoms with Gasteiger partial charge in [-0.05, 0) is 25.0 Å². The lowest BCUT2D eigenvalue weighted by Crippen LogP contribution is -2.69. The molecular weight excluding hydrogens is 308 g/mol. The number of carbonyl (C=O) groups excluding carboxylic acids is 2. The summed E-state index contributed by atoms with van der Waals surface area (Å²) in [5.41, 5.74) is 3.14. The van der Waals surface area contributed by atoms with Crippen LogP contribution in [0.25, 0.3) is 0 Å². The monoisotopic (exact) mass is 328 g/mol. The van der Waals surface area contributed by atoms with E-state index in [1.807, 2.05) is 56.3 Å². The Kier molecular flexibility index (Phi) is 4.57. The zero-order valence-corrected chi connectivity index (χ0v) is 14.1. The number of hydrogen-bond donors (Lipinski definition) is 1. The van der Waals surface area contributed by atoms with Crippen molar-refractivity contribution in [2.75, 3.05) is 5.75 Å². The van der Waals surface area contributed by atoms with Crippen LogP contribution in [0, 0.1) is 0 Å². The summed E-state index contributed by atoms with van der Waals surface area (Å²) < 4.78 is 0. The van der Waals surface area contributed by atoms with E-state index >= 15 is 0 Å². The summed E-state index contributed by atoms with van der Waals surface area (Å²) in [5, 5.41) is 2.91. The van der Waals surface area contributed by atoms with E-state index in [1.165, 1.54) is 5.57 Å². The van der Waals surface area contributed by atoms with Gasteiger partial charge in [0, 0.05) is 11.4 Å². The van der Waals surface area contributed by atoms with Crippen LogP contribution in [0.5, 0.6) is 0 Å². The third-order valence-corrected chi connectivity index (χ3v) is 5.47. The van der Waals surface area contributed by atoms with Crippen LogP contribution in [0.1, 0.15) is 19.4 Å². The molecule has 1 fully saturated rings. The van der Waals surface area contributed by atoms with E-state index < -0.39 is 6.04 Å². The number of carbonyl (C=O) groups is 2. The predicted octanol–water partition coefficient (Wildman–Crippen LogP) is 2.48. The number of nitrogens with one attached hydrogen (secondary N) is 1. The van der Waals surface area contributed by atoms with Crippen LogP contribution in [0.3, 0.4) is 0 Å². The number of amides is 2. The van der Waals surface area contributed by atoms with Crippen molar-refractivity contribution in [2.24, 2.45) is 0 Å². The molecule has 2 heterocycles. The number of nitrogens with zero attached hydrogens (tertiary/aromatic N) is 1. The van der Waals surface area contributed by atoms with Gasteiger partial charge in [0.2, 0.25) is 5.91 Å². The maximum absolute atomic E-state index is 12.4. The highest BCUT2D eigenvalue weighted by Gasteiger charge is 2.51. The maximum Gasteiger partial charge on any atom is 0.253 e. The molecule has 0 radical (unpaired) electrons. The van der Waals surface area contributed by atoms with Gasteiger partial charge in [-0.15, -0.1) is 11.8 Å². The summed E-state index contributed by atoms with van der Waals surface area (Å²) in [6.45, 7) is 3.95. The zero-order valence-electron chi connectivity index (χ0n) is 13.3. The number of allylic oxidation sites excluding steroid dienone is 3. The number of benzene rings is 1. The number of fused-ring (bicyclic) bond motifs is 1. The largest absolute Gasteiger partial charge is 0.341 e. The predicted molar refractivity (Wildman–Crippen MR) is 92.7 cm³/mol. The van der Waals surface area contributed by atoms with Crippen molar-refractivity contribution in [1.29, 1.82) is 0 Å². The van der Waals surface area contributed by atoms with E-state index in [1.54, 1.807) is 16.7 Å². The highest BCUT2D eigenvalue weighted by atomic mass is 32.2. The first kappa shape index (κ1) is 15.9. The van der Waals surface area contributed by atoms with Gasteiger partial charge in [-0.3, -0.25) is 14.5 Å². The van der Waals surface area contributed by atoms with E-state index in [0.29, 0.717) is 6.42 Å². The molecule has 1 aromatic rings. The Morgan fingerprint density at radius 3 is 2.83 bits per heavy atom. The summed E-state index contributed by atoms with van der Waals surface area (Å²) >= 11 is 1.71. The molecule has 1 N–H and O–H groups in total. The van der Waals surface area contributed by atoms with E-state index in [9.17, 15) is 9.59 Å². The number of rotatable bonds is 4. The van der Waals surface area contributed by atoms with Crippen LogP contribution in [0.2, 0.25) is 0 Å². The molecule has 1 saturated heterocycles. The van der Waals surface area contributed by atoms with Gasteiger partial charge in [0.05, 0.1) is 6.42 Å². The molecule has 0 bridgehead atoms. The Bertz CT molecular complexity index is 682. The topological polar surface area (TPSA) is 49.4 Å². The minimum Gasteiger partial charge on any atom is -0.341 e. The second-order valence-corrected chi connectivity index (χ2v) is 6.83. The van der Waals surface area contributed by atoms with E-state index in [-0.39, 0.29) is 17.2 Å². The van der Waals surface area contributed by atoms with Gasteiger partial charge in [-0.1, -0.05) is 42.5 Å². The summed E-state index contributed by atoms with van der Waals surface area (Å²) in [5.74, 6) is 0.758. The molecule has 4 nitrogen and oxygen atoms in total. The summed E-state index contributed by atoms with van der Waals surface area (Å²) in [6.07, 6.45) is 4.34. The van der Waals surface area contributed by atoms with Crippen LogP contribution in [0.4, 0.5) is 0 Å². The fraction of sp³-hybridized carbons (Fsp3) is 0.333. The molecule has 1 aromatic carbocycles. The zero-order chi connectivity index (χ0) is 16.4. The summed E-state index contributed by atoms with van der Waals surface area (Å²) in [4.78, 5) is 26.4. The Morgan fingerprint density at radius 1 is 1.39 bits per heavy atom. The lowest BCUT2D eigenvalue weighted by molar-refractivity contribution is -0.145. The molecule has 5 heteroatoms. The van der Waals surface area contributed by atoms with Crippen molar-refractivity contribution in [3.8, 4) is 0 Å². The van der Waals surface area contributed by atoms with Crippen molar-refractivity contribution in [3.63, 3.8) is 0 Å². The van der Waals surface area contributed by atoms with Gasteiger partial charge < -0.3 is 5.32 Å². The number of hydrogen-bond acceptors (Lipinski definition) is 3. The van der Waals surface area contributed by atoms with E-state index in [2.05, 4.69) is 5.32 Å². The standard InChI is InChI=1S/C18H20N2O2S/c1-3-7-14-11-23-18-16(17(22)20(18)12(14)2)19-15(21)10-13-8-5-4-6-9-13/h3-9,16,18H,10-11H2,1-2H3,(H,19,21)/b7-3-. The first-order valence-electron chi connectivity index (χ1n) is 7.72. The molecule has 0 saturated carbocycles. The van der Waals surface area contributed by atoms with Crippen LogP contribution in [-0.4, -0.2) is 33.9 Å². The molecule has 0 aliphatic carbocycles. The first-order valence-corrected chi connectivity index (χ1v) is 8.77. The number of β-lactam (4-membered cyclic amide) rings is 1. The Balaban J connectivity index is 1.64. The number of thioether (sulfide) groups is 1. The van der Waals surface area contributed by atoms with Crippen LogP contribution >= 0.6 is 11.8 Å². The van der Waals surface area contributed by atoms with Crippen LogP contribution in [0.15, 0.2) is 53.8 Å². The van der Waals surface area contributed by atoms with E-state index in [0.717, 1.165) is 17.0 Å². The highest BCUT2D eigenvalue weighted by molar-refractivity contribution is 8.00. The summed E-state index contributed by atoms with van der Waals surface area (Å²) in [7, 11) is 0. The van der Waals surface area contributed by atoms with Gasteiger partial charge in [0.15, 0.2) is 0 Å². The van der Waals surface area contributed by atoms with Gasteiger partial charge in [-0.2, -0.15) is 0 Å². The minimum absolute atomic E-state index is 0.0110. The molecule has 3 rings (SSSR count). The average molecular weight is 328 g/mol. The molecular formula is C18H20N2O2S. The Labute approximate surface area is 140 Å². The Morgan fingerprint density at radius 2 is 2.13 bits per heavy atom. The molecule has 23 heavy (non-hydrogen) atoms. The lowest BCUT2D eigenvalue weighted by atomic mass is 10.0. The highest BCUT2D eigenvalue weighted by Crippen LogP contribution is 2.40. The van der Waals surface area contributed by atoms with Crippen LogP contribution in [-0.2, 0) is 16.0 Å². The average Bonchev–Trinajstić information content (AvgIpc) is 2.55. The molecule has 2 unspecified atom stereocenters. The second-order valence-electron chi connectivity index (χ2n) is 5.73. The molecule has 0 spiro atoms. The summed E-state index contributed by atoms with van der Waals surface area (Å²) in [6, 6.07) is 9.17. The lowest BCUT2D eigenvalue weighted by Gasteiger charge is -2.50. The SMILES string of the molecule is C/C=C\C1=C(C)N2C(=O)C(NC(=O)Cc3ccccc3)C2SC1. The van der Waals surface area contributed by atoms with Gasteiger partial charge in [0.25, 0.3) is 5.91 Å². The fourth-order valence-electron chi connectivity index (χ4n) is 2.93. The third kappa shape index (κ3) is 3.06. The van der Waals surface area contributed by atoms with Gasteiger partial charge >= 0.3 is 0 Å². The van der Waals surface area contributed by atoms with Crippen molar-refractivity contribution < 1.29 is 9.59 Å². The van der Waals surface area contributed by atoms with Crippen molar-refractivity contribution >= 4 is 23.6 Å². The molecule has 2 aliphatic rings. The van der Waals surface area contributed by atoms with Crippen LogP contribution < -0.4 is 5.32 Å². The third-order valence-electron chi connectivity index (χ3n) is 4.17. The molecule has 2 atom stereocenters. The smallest absolute Gasteiger partial charge is 0.253 e. The first-order chi connectivity index (χ1) is 11.1. The van der Waals surface area contributed by atoms with Crippen molar-refractivity contribution in [3.05, 3.63) is 59.3 Å². The Hall–Kier alpha value is -2.01. The molecule has 0 aromatic heterocycles. The molecule has 2 amide bonds. The molecule has 2 aliphatic heterocycles.